The summed E-state index contributed by atoms with van der Waals surface area (Å²) >= 11 is 0. The molecule has 6 heteroatoms. The number of rotatable bonds is 3. The molecule has 0 radical (unpaired) electrons. The molecular weight excluding hydrogens is 288 g/mol. The second-order valence-electron chi connectivity index (χ2n) is 4.93. The normalized spacial score (nSPS) is 11.2. The molecule has 1 aromatic carbocycles. The van der Waals surface area contributed by atoms with E-state index in [-0.39, 0.29) is 10.9 Å². The summed E-state index contributed by atoms with van der Waals surface area (Å²) in [5.41, 5.74) is 3.00. The van der Waals surface area contributed by atoms with Gasteiger partial charge in [-0.15, -0.1) is 0 Å². The van der Waals surface area contributed by atoms with Crippen LogP contribution in [0.2, 0.25) is 0 Å². The fourth-order valence-corrected chi connectivity index (χ4v) is 2.50. The number of aromatic nitrogens is 1. The number of nitrogens with zero attached hydrogens (tertiary/aromatic N) is 1. The Balaban J connectivity index is 2.20. The van der Waals surface area contributed by atoms with Crippen LogP contribution in [0.5, 0.6) is 0 Å². The molecule has 1 N–H and O–H groups in total. The maximum atomic E-state index is 12.2. The summed E-state index contributed by atoms with van der Waals surface area (Å²) in [5.74, 6) is -0.249. The molecule has 0 fully saturated rings. The minimum atomic E-state index is -3.34. The monoisotopic (exact) mass is 304 g/mol. The lowest BCUT2D eigenvalue weighted by Gasteiger charge is -2.08. The number of hydrogen-bond donors (Lipinski definition) is 1. The molecule has 0 saturated heterocycles. The molecule has 5 nitrogen and oxygen atoms in total. The van der Waals surface area contributed by atoms with E-state index >= 15 is 0 Å². The highest BCUT2D eigenvalue weighted by Gasteiger charge is 2.11. The topological polar surface area (TPSA) is 76.1 Å². The first-order valence-electron chi connectivity index (χ1n) is 6.32. The zero-order valence-electron chi connectivity index (χ0n) is 12.0. The molecule has 110 valence electrons. The Kier molecular flexibility index (Phi) is 4.09. The summed E-state index contributed by atoms with van der Waals surface area (Å²) in [7, 11) is -3.34. The van der Waals surface area contributed by atoms with E-state index in [0.29, 0.717) is 11.3 Å². The molecule has 1 aromatic heterocycles. The number of aryl methyl sites for hydroxylation is 2. The van der Waals surface area contributed by atoms with Gasteiger partial charge in [0.15, 0.2) is 14.9 Å². The third-order valence-electron chi connectivity index (χ3n) is 3.00. The van der Waals surface area contributed by atoms with E-state index < -0.39 is 9.84 Å². The van der Waals surface area contributed by atoms with Gasteiger partial charge in [0.2, 0.25) is 0 Å². The van der Waals surface area contributed by atoms with Crippen LogP contribution >= 0.6 is 0 Å². The highest BCUT2D eigenvalue weighted by atomic mass is 32.2. The second-order valence-corrected chi connectivity index (χ2v) is 6.89. The number of hydrogen-bond acceptors (Lipinski definition) is 4. The van der Waals surface area contributed by atoms with Crippen molar-refractivity contribution in [3.8, 4) is 0 Å². The van der Waals surface area contributed by atoms with Crippen molar-refractivity contribution < 1.29 is 13.2 Å². The summed E-state index contributed by atoms with van der Waals surface area (Å²) < 4.78 is 22.6. The molecule has 0 atom stereocenters. The molecule has 0 saturated carbocycles. The summed E-state index contributed by atoms with van der Waals surface area (Å²) in [4.78, 5) is 16.0. The minimum Gasteiger partial charge on any atom is -0.321 e. The number of pyridine rings is 1. The summed E-state index contributed by atoms with van der Waals surface area (Å²) in [6.07, 6.45) is 2.42. The largest absolute Gasteiger partial charge is 0.321 e. The lowest BCUT2D eigenvalue weighted by Crippen LogP contribution is -2.14. The number of nitrogens with one attached hydrogen (secondary N) is 1. The van der Waals surface area contributed by atoms with Crippen molar-refractivity contribution in [1.82, 2.24) is 4.98 Å². The predicted molar refractivity (Wildman–Crippen MR) is 81.2 cm³/mol. The van der Waals surface area contributed by atoms with Gasteiger partial charge in [0, 0.05) is 11.8 Å². The number of amides is 1. The quantitative estimate of drug-likeness (QED) is 0.944. The van der Waals surface area contributed by atoms with Gasteiger partial charge in [0.25, 0.3) is 5.91 Å². The van der Waals surface area contributed by atoms with Crippen molar-refractivity contribution in [2.24, 2.45) is 0 Å². The third kappa shape index (κ3) is 3.66. The van der Waals surface area contributed by atoms with Crippen LogP contribution in [0.15, 0.2) is 41.6 Å². The Morgan fingerprint density at radius 1 is 1.14 bits per heavy atom. The minimum absolute atomic E-state index is 0.0213. The first kappa shape index (κ1) is 15.2. The number of carbonyl (C=O) groups excluding carboxylic acids is 1. The number of carbonyl (C=O) groups is 1. The Labute approximate surface area is 124 Å². The molecule has 2 aromatic rings. The van der Waals surface area contributed by atoms with Crippen molar-refractivity contribution in [3.63, 3.8) is 0 Å². The Morgan fingerprint density at radius 3 is 2.38 bits per heavy atom. The number of anilines is 1. The molecule has 0 bridgehead atoms. The summed E-state index contributed by atoms with van der Waals surface area (Å²) in [5, 5.41) is 2.68. The van der Waals surface area contributed by atoms with Crippen LogP contribution in [-0.2, 0) is 9.84 Å². The Hall–Kier alpha value is -2.21. The van der Waals surface area contributed by atoms with Gasteiger partial charge in [-0.1, -0.05) is 17.7 Å². The van der Waals surface area contributed by atoms with E-state index in [1.165, 1.54) is 18.3 Å². The molecule has 1 amide bonds. The SMILES string of the molecule is Cc1ccc(C(=O)Nc2ccc(S(C)(=O)=O)nc2)c(C)c1. The number of benzene rings is 1. The van der Waals surface area contributed by atoms with Crippen molar-refractivity contribution in [2.75, 3.05) is 11.6 Å². The average Bonchev–Trinajstić information content (AvgIpc) is 2.38. The highest BCUT2D eigenvalue weighted by molar-refractivity contribution is 7.90. The fourth-order valence-electron chi connectivity index (χ4n) is 1.94. The van der Waals surface area contributed by atoms with Crippen molar-refractivity contribution in [1.29, 1.82) is 0 Å². The molecule has 0 aliphatic carbocycles. The van der Waals surface area contributed by atoms with Crippen LogP contribution in [0.4, 0.5) is 5.69 Å². The lowest BCUT2D eigenvalue weighted by molar-refractivity contribution is 0.102. The van der Waals surface area contributed by atoms with E-state index in [1.807, 2.05) is 26.0 Å². The van der Waals surface area contributed by atoms with Gasteiger partial charge >= 0.3 is 0 Å². The number of sulfone groups is 1. The zero-order valence-corrected chi connectivity index (χ0v) is 12.9. The van der Waals surface area contributed by atoms with Crippen LogP contribution in [0.1, 0.15) is 21.5 Å². The summed E-state index contributed by atoms with van der Waals surface area (Å²) in [6, 6.07) is 8.45. The van der Waals surface area contributed by atoms with Gasteiger partial charge in [-0.3, -0.25) is 4.79 Å². The molecule has 0 spiro atoms. The third-order valence-corrected chi connectivity index (χ3v) is 4.00. The van der Waals surface area contributed by atoms with Gasteiger partial charge in [0.05, 0.1) is 11.9 Å². The Bertz CT molecular complexity index is 781. The second kappa shape index (κ2) is 5.65. The first-order valence-corrected chi connectivity index (χ1v) is 8.21. The summed E-state index contributed by atoms with van der Waals surface area (Å²) in [6.45, 7) is 3.83. The van der Waals surface area contributed by atoms with Crippen molar-refractivity contribution in [3.05, 3.63) is 53.2 Å². The highest BCUT2D eigenvalue weighted by Crippen LogP contribution is 2.15. The molecule has 2 rings (SSSR count). The van der Waals surface area contributed by atoms with E-state index in [1.54, 1.807) is 6.07 Å². The predicted octanol–water partition coefficient (Wildman–Crippen LogP) is 2.35. The van der Waals surface area contributed by atoms with Crippen LogP contribution in [0.3, 0.4) is 0 Å². The van der Waals surface area contributed by atoms with Crippen molar-refractivity contribution in [2.45, 2.75) is 18.9 Å². The molecular formula is C15H16N2O3S. The first-order chi connectivity index (χ1) is 9.77. The fraction of sp³-hybridized carbons (Fsp3) is 0.200. The van der Waals surface area contributed by atoms with Gasteiger partial charge in [-0.25, -0.2) is 13.4 Å². The molecule has 0 aliphatic heterocycles. The maximum absolute atomic E-state index is 12.2. The standard InChI is InChI=1S/C15H16N2O3S/c1-10-4-6-13(11(2)8-10)15(18)17-12-5-7-14(16-9-12)21(3,19)20/h4-9H,1-3H3,(H,17,18). The van der Waals surface area contributed by atoms with Crippen LogP contribution in [0, 0.1) is 13.8 Å². The van der Waals surface area contributed by atoms with E-state index in [9.17, 15) is 13.2 Å². The molecule has 0 aliphatic rings. The van der Waals surface area contributed by atoms with Crippen LogP contribution in [0.25, 0.3) is 0 Å². The average molecular weight is 304 g/mol. The molecule has 21 heavy (non-hydrogen) atoms. The van der Waals surface area contributed by atoms with Crippen LogP contribution in [-0.4, -0.2) is 25.6 Å². The zero-order chi connectivity index (χ0) is 15.6. The molecule has 1 heterocycles. The van der Waals surface area contributed by atoms with Gasteiger partial charge < -0.3 is 5.32 Å². The Morgan fingerprint density at radius 2 is 1.86 bits per heavy atom. The van der Waals surface area contributed by atoms with E-state index in [0.717, 1.165) is 17.4 Å². The lowest BCUT2D eigenvalue weighted by atomic mass is 10.1. The smallest absolute Gasteiger partial charge is 0.255 e. The maximum Gasteiger partial charge on any atom is 0.255 e. The molecule has 0 unspecified atom stereocenters. The van der Waals surface area contributed by atoms with Crippen LogP contribution < -0.4 is 5.32 Å². The van der Waals surface area contributed by atoms with Gasteiger partial charge in [-0.05, 0) is 37.6 Å². The van der Waals surface area contributed by atoms with E-state index in [2.05, 4.69) is 10.3 Å². The van der Waals surface area contributed by atoms with Gasteiger partial charge in [0.1, 0.15) is 0 Å². The van der Waals surface area contributed by atoms with Crippen molar-refractivity contribution >= 4 is 21.4 Å². The van der Waals surface area contributed by atoms with E-state index in [4.69, 9.17) is 0 Å². The van der Waals surface area contributed by atoms with Gasteiger partial charge in [-0.2, -0.15) is 0 Å².